The molecule has 0 aromatic heterocycles. The monoisotopic (exact) mass is 507 g/mol. The average Bonchev–Trinajstić information content (AvgIpc) is 3.10. The second-order valence-electron chi connectivity index (χ2n) is 9.66. The first-order valence-electron chi connectivity index (χ1n) is 11.7. The molecule has 0 radical (unpaired) electrons. The Hall–Kier alpha value is -3.39. The summed E-state index contributed by atoms with van der Waals surface area (Å²) in [6, 6.07) is 18.3. The lowest BCUT2D eigenvalue weighted by molar-refractivity contribution is -0.271. The van der Waals surface area contributed by atoms with E-state index in [1.165, 1.54) is 0 Å². The molecule has 2 N–H and O–H groups in total. The van der Waals surface area contributed by atoms with Crippen LogP contribution in [0.2, 0.25) is 5.02 Å². The number of ketones is 1. The van der Waals surface area contributed by atoms with Gasteiger partial charge in [0.05, 0.1) is 18.8 Å². The second kappa shape index (κ2) is 9.24. The Kier molecular flexibility index (Phi) is 6.24. The normalized spacial score (nSPS) is 17.2. The maximum atomic E-state index is 13.1. The van der Waals surface area contributed by atoms with E-state index < -0.39 is 17.4 Å². The molecule has 1 aliphatic carbocycles. The molecular formula is C28H26ClNO6. The maximum absolute atomic E-state index is 13.1. The highest BCUT2D eigenvalue weighted by Gasteiger charge is 2.41. The first-order chi connectivity index (χ1) is 17.1. The number of carboxylic acid groups (broad SMARTS) is 1. The fraction of sp³-hybridized carbons (Fsp3) is 0.286. The van der Waals surface area contributed by atoms with Crippen LogP contribution in [0, 0.1) is 0 Å². The number of carbonyl (C=O) groups is 2. The van der Waals surface area contributed by atoms with E-state index in [1.54, 1.807) is 44.2 Å². The SMILES string of the molecule is CC1(C)OCC(CCc2ccc3c(c2)-c2ccc(Oc4cccc(Cl)c4)cc2C3=O)(NC(=O)O)CO1. The molecule has 0 unspecified atom stereocenters. The molecule has 36 heavy (non-hydrogen) atoms. The highest BCUT2D eigenvalue weighted by Crippen LogP contribution is 2.40. The van der Waals surface area contributed by atoms with Gasteiger partial charge in [0, 0.05) is 16.1 Å². The van der Waals surface area contributed by atoms with Gasteiger partial charge in [-0.05, 0) is 79.8 Å². The van der Waals surface area contributed by atoms with Crippen LogP contribution >= 0.6 is 11.6 Å². The number of halogens is 1. The van der Waals surface area contributed by atoms with E-state index in [0.717, 1.165) is 16.7 Å². The van der Waals surface area contributed by atoms with Crippen molar-refractivity contribution in [3.63, 3.8) is 0 Å². The zero-order valence-corrected chi connectivity index (χ0v) is 20.7. The van der Waals surface area contributed by atoms with Gasteiger partial charge in [0.25, 0.3) is 0 Å². The van der Waals surface area contributed by atoms with Crippen molar-refractivity contribution in [2.45, 2.75) is 38.0 Å². The Bertz CT molecular complexity index is 1340. The Morgan fingerprint density at radius 2 is 1.69 bits per heavy atom. The molecule has 3 aromatic rings. The zero-order valence-electron chi connectivity index (χ0n) is 20.0. The van der Waals surface area contributed by atoms with E-state index in [9.17, 15) is 14.7 Å². The van der Waals surface area contributed by atoms with E-state index in [2.05, 4.69) is 5.32 Å². The summed E-state index contributed by atoms with van der Waals surface area (Å²) in [6.45, 7) is 4.04. The van der Waals surface area contributed by atoms with Gasteiger partial charge in [-0.15, -0.1) is 0 Å². The van der Waals surface area contributed by atoms with Crippen molar-refractivity contribution in [2.24, 2.45) is 0 Å². The van der Waals surface area contributed by atoms with Crippen molar-refractivity contribution < 1.29 is 28.9 Å². The van der Waals surface area contributed by atoms with Crippen LogP contribution in [0.25, 0.3) is 11.1 Å². The first kappa shape index (κ1) is 24.3. The van der Waals surface area contributed by atoms with Gasteiger partial charge < -0.3 is 24.6 Å². The summed E-state index contributed by atoms with van der Waals surface area (Å²) in [5.41, 5.74) is 3.07. The molecule has 0 spiro atoms. The molecule has 1 heterocycles. The molecule has 5 rings (SSSR count). The van der Waals surface area contributed by atoms with Gasteiger partial charge in [-0.2, -0.15) is 0 Å². The third kappa shape index (κ3) is 4.95. The lowest BCUT2D eigenvalue weighted by Gasteiger charge is -2.43. The minimum absolute atomic E-state index is 0.0524. The number of amides is 1. The molecule has 1 aliphatic heterocycles. The van der Waals surface area contributed by atoms with Crippen LogP contribution < -0.4 is 10.1 Å². The molecule has 0 atom stereocenters. The Morgan fingerprint density at radius 1 is 0.972 bits per heavy atom. The van der Waals surface area contributed by atoms with Gasteiger partial charge in [0.15, 0.2) is 11.6 Å². The highest BCUT2D eigenvalue weighted by atomic mass is 35.5. The van der Waals surface area contributed by atoms with Crippen molar-refractivity contribution in [1.29, 1.82) is 0 Å². The third-order valence-corrected chi connectivity index (χ3v) is 6.78. The van der Waals surface area contributed by atoms with E-state index >= 15 is 0 Å². The van der Waals surface area contributed by atoms with Crippen molar-refractivity contribution >= 4 is 23.5 Å². The number of benzene rings is 3. The maximum Gasteiger partial charge on any atom is 0.405 e. The molecule has 0 saturated carbocycles. The fourth-order valence-corrected chi connectivity index (χ4v) is 4.77. The van der Waals surface area contributed by atoms with Crippen LogP contribution in [-0.4, -0.2) is 41.5 Å². The first-order valence-corrected chi connectivity index (χ1v) is 12.1. The van der Waals surface area contributed by atoms with Crippen LogP contribution in [0.3, 0.4) is 0 Å². The van der Waals surface area contributed by atoms with Gasteiger partial charge in [-0.1, -0.05) is 35.9 Å². The van der Waals surface area contributed by atoms with Gasteiger partial charge in [-0.25, -0.2) is 4.79 Å². The number of rotatable bonds is 6. The highest BCUT2D eigenvalue weighted by molar-refractivity contribution is 6.30. The number of ether oxygens (including phenoxy) is 3. The largest absolute Gasteiger partial charge is 0.465 e. The summed E-state index contributed by atoms with van der Waals surface area (Å²) in [7, 11) is 0. The van der Waals surface area contributed by atoms with Crippen LogP contribution in [0.1, 0.15) is 41.8 Å². The number of carbonyl (C=O) groups excluding carboxylic acids is 1. The quantitative estimate of drug-likeness (QED) is 0.329. The average molecular weight is 508 g/mol. The molecule has 3 aromatic carbocycles. The Morgan fingerprint density at radius 3 is 2.42 bits per heavy atom. The lowest BCUT2D eigenvalue weighted by atomic mass is 9.90. The van der Waals surface area contributed by atoms with Crippen molar-refractivity contribution in [1.82, 2.24) is 5.32 Å². The van der Waals surface area contributed by atoms with E-state index in [-0.39, 0.29) is 19.0 Å². The van der Waals surface area contributed by atoms with Gasteiger partial charge in [-0.3, -0.25) is 4.79 Å². The predicted octanol–water partition coefficient (Wildman–Crippen LogP) is 6.07. The zero-order chi connectivity index (χ0) is 25.5. The van der Waals surface area contributed by atoms with Crippen molar-refractivity contribution in [3.8, 4) is 22.6 Å². The smallest absolute Gasteiger partial charge is 0.405 e. The van der Waals surface area contributed by atoms with Crippen LogP contribution in [-0.2, 0) is 15.9 Å². The fourth-order valence-electron chi connectivity index (χ4n) is 4.59. The molecule has 1 amide bonds. The summed E-state index contributed by atoms with van der Waals surface area (Å²) in [5, 5.41) is 12.5. The summed E-state index contributed by atoms with van der Waals surface area (Å²) >= 11 is 6.04. The third-order valence-electron chi connectivity index (χ3n) is 6.54. The summed E-state index contributed by atoms with van der Waals surface area (Å²) < 4.78 is 17.4. The molecule has 2 aliphatic rings. The molecule has 0 bridgehead atoms. The minimum Gasteiger partial charge on any atom is -0.465 e. The Labute approximate surface area is 213 Å². The number of hydrogen-bond acceptors (Lipinski definition) is 5. The van der Waals surface area contributed by atoms with E-state index in [1.807, 2.05) is 30.3 Å². The van der Waals surface area contributed by atoms with Gasteiger partial charge in [0.2, 0.25) is 0 Å². The molecule has 7 nitrogen and oxygen atoms in total. The summed E-state index contributed by atoms with van der Waals surface area (Å²) in [5.74, 6) is 0.342. The standard InChI is InChI=1S/C28H26ClNO6/c1-27(2)34-15-28(16-35-27,30-26(32)33)11-10-17-6-8-22-23(12-17)21-9-7-20(14-24(21)25(22)31)36-19-5-3-4-18(29)13-19/h3-9,12-14,30H,10-11,15-16H2,1-2H3,(H,32,33). The molecule has 1 fully saturated rings. The van der Waals surface area contributed by atoms with Gasteiger partial charge in [0.1, 0.15) is 11.5 Å². The van der Waals surface area contributed by atoms with E-state index in [0.29, 0.717) is 40.5 Å². The number of fused-ring (bicyclic) bond motifs is 3. The second-order valence-corrected chi connectivity index (χ2v) is 10.1. The number of nitrogens with one attached hydrogen (secondary N) is 1. The summed E-state index contributed by atoms with van der Waals surface area (Å²) in [6.07, 6.45) is -0.0483. The van der Waals surface area contributed by atoms with Gasteiger partial charge >= 0.3 is 6.09 Å². The molecule has 8 heteroatoms. The molecular weight excluding hydrogens is 482 g/mol. The lowest BCUT2D eigenvalue weighted by Crippen LogP contribution is -2.61. The van der Waals surface area contributed by atoms with Crippen LogP contribution in [0.5, 0.6) is 11.5 Å². The Balaban J connectivity index is 1.35. The topological polar surface area (TPSA) is 94.1 Å². The van der Waals surface area contributed by atoms with Crippen LogP contribution in [0.4, 0.5) is 4.79 Å². The minimum atomic E-state index is -1.12. The molecule has 186 valence electrons. The van der Waals surface area contributed by atoms with Crippen molar-refractivity contribution in [2.75, 3.05) is 13.2 Å². The van der Waals surface area contributed by atoms with Crippen LogP contribution in [0.15, 0.2) is 60.7 Å². The predicted molar refractivity (Wildman–Crippen MR) is 135 cm³/mol. The summed E-state index contributed by atoms with van der Waals surface area (Å²) in [4.78, 5) is 24.6. The van der Waals surface area contributed by atoms with Crippen molar-refractivity contribution in [3.05, 3.63) is 82.4 Å². The molecule has 1 saturated heterocycles. The van der Waals surface area contributed by atoms with E-state index in [4.69, 9.17) is 25.8 Å². The number of hydrogen-bond donors (Lipinski definition) is 2. The number of aryl methyl sites for hydroxylation is 1.